The van der Waals surface area contributed by atoms with Crippen molar-refractivity contribution in [3.63, 3.8) is 0 Å². The first-order valence-corrected chi connectivity index (χ1v) is 7.33. The van der Waals surface area contributed by atoms with Crippen LogP contribution in [-0.4, -0.2) is 29.3 Å². The molecule has 4 heteroatoms. The van der Waals surface area contributed by atoms with E-state index in [1.165, 1.54) is 0 Å². The molecule has 1 aromatic rings. The van der Waals surface area contributed by atoms with E-state index >= 15 is 0 Å². The zero-order chi connectivity index (χ0) is 14.4. The maximum absolute atomic E-state index is 12.2. The quantitative estimate of drug-likeness (QED) is 0.808. The summed E-state index contributed by atoms with van der Waals surface area (Å²) in [6, 6.07) is 9.51. The fraction of sp³-hybridized carbons (Fsp3) is 0.500. The van der Waals surface area contributed by atoms with Crippen molar-refractivity contribution in [3.8, 4) is 0 Å². The summed E-state index contributed by atoms with van der Waals surface area (Å²) in [5.74, 6) is 0.0599. The molecule has 1 heterocycles. The van der Waals surface area contributed by atoms with Crippen molar-refractivity contribution in [3.05, 3.63) is 35.9 Å². The van der Waals surface area contributed by atoms with Crippen molar-refractivity contribution in [2.45, 2.75) is 45.2 Å². The Morgan fingerprint density at radius 2 is 2.10 bits per heavy atom. The van der Waals surface area contributed by atoms with E-state index in [1.54, 1.807) is 4.90 Å². The first-order valence-electron chi connectivity index (χ1n) is 7.33. The van der Waals surface area contributed by atoms with Crippen LogP contribution in [0.15, 0.2) is 30.3 Å². The second kappa shape index (κ2) is 7.08. The fourth-order valence-electron chi connectivity index (χ4n) is 2.49. The van der Waals surface area contributed by atoms with Gasteiger partial charge in [0.05, 0.1) is 0 Å². The molecule has 1 unspecified atom stereocenters. The van der Waals surface area contributed by atoms with Gasteiger partial charge in [-0.1, -0.05) is 43.7 Å². The smallest absolute Gasteiger partial charge is 0.242 e. The van der Waals surface area contributed by atoms with E-state index in [4.69, 9.17) is 0 Å². The Morgan fingerprint density at radius 1 is 1.35 bits per heavy atom. The topological polar surface area (TPSA) is 49.4 Å². The fourth-order valence-corrected chi connectivity index (χ4v) is 2.49. The highest BCUT2D eigenvalue weighted by Crippen LogP contribution is 2.21. The minimum Gasteiger partial charge on any atom is -0.354 e. The molecule has 1 fully saturated rings. The van der Waals surface area contributed by atoms with Gasteiger partial charge >= 0.3 is 0 Å². The van der Waals surface area contributed by atoms with Crippen LogP contribution in [0.3, 0.4) is 0 Å². The lowest BCUT2D eigenvalue weighted by Crippen LogP contribution is -2.44. The lowest BCUT2D eigenvalue weighted by Gasteiger charge is -2.24. The average Bonchev–Trinajstić information content (AvgIpc) is 2.82. The van der Waals surface area contributed by atoms with Crippen LogP contribution in [0.1, 0.15) is 38.2 Å². The summed E-state index contributed by atoms with van der Waals surface area (Å²) in [5, 5.41) is 2.93. The van der Waals surface area contributed by atoms with Crippen LogP contribution in [-0.2, 0) is 16.1 Å². The van der Waals surface area contributed by atoms with Gasteiger partial charge in [0.15, 0.2) is 0 Å². The molecule has 1 N–H and O–H groups in total. The van der Waals surface area contributed by atoms with E-state index in [-0.39, 0.29) is 17.9 Å². The van der Waals surface area contributed by atoms with E-state index < -0.39 is 0 Å². The summed E-state index contributed by atoms with van der Waals surface area (Å²) >= 11 is 0. The highest BCUT2D eigenvalue weighted by molar-refractivity contribution is 5.90. The molecule has 1 saturated heterocycles. The average molecular weight is 274 g/mol. The minimum atomic E-state index is -0.306. The molecule has 4 nitrogen and oxygen atoms in total. The molecule has 0 aromatic heterocycles. The number of amides is 2. The number of nitrogens with zero attached hydrogens (tertiary/aromatic N) is 1. The van der Waals surface area contributed by atoms with Crippen LogP contribution >= 0.6 is 0 Å². The van der Waals surface area contributed by atoms with Gasteiger partial charge in [-0.15, -0.1) is 0 Å². The van der Waals surface area contributed by atoms with Crippen molar-refractivity contribution >= 4 is 11.8 Å². The molecular weight excluding hydrogens is 252 g/mol. The van der Waals surface area contributed by atoms with E-state index in [1.807, 2.05) is 30.3 Å². The third kappa shape index (κ3) is 3.59. The largest absolute Gasteiger partial charge is 0.354 e. The van der Waals surface area contributed by atoms with E-state index in [0.29, 0.717) is 25.9 Å². The van der Waals surface area contributed by atoms with Crippen molar-refractivity contribution < 1.29 is 9.59 Å². The molecule has 2 amide bonds. The number of carbonyl (C=O) groups excluding carboxylic acids is 2. The Bertz CT molecular complexity index is 459. The second-order valence-electron chi connectivity index (χ2n) is 5.21. The second-order valence-corrected chi connectivity index (χ2v) is 5.21. The van der Waals surface area contributed by atoms with Gasteiger partial charge in [-0.05, 0) is 18.4 Å². The van der Waals surface area contributed by atoms with Crippen LogP contribution in [0.4, 0.5) is 0 Å². The van der Waals surface area contributed by atoms with Gasteiger partial charge in [-0.3, -0.25) is 9.59 Å². The number of unbranched alkanes of at least 4 members (excludes halogenated alkanes) is 1. The SMILES string of the molecule is CCCCNC(=O)C1CCC(=O)N1Cc1ccccc1. The molecule has 0 bridgehead atoms. The zero-order valence-corrected chi connectivity index (χ0v) is 12.0. The first kappa shape index (κ1) is 14.6. The van der Waals surface area contributed by atoms with Crippen LogP contribution in [0, 0.1) is 0 Å². The molecule has 0 radical (unpaired) electrons. The lowest BCUT2D eigenvalue weighted by atomic mass is 10.1. The summed E-state index contributed by atoms with van der Waals surface area (Å²) in [7, 11) is 0. The van der Waals surface area contributed by atoms with Gasteiger partial charge in [-0.2, -0.15) is 0 Å². The number of benzene rings is 1. The van der Waals surface area contributed by atoms with Crippen molar-refractivity contribution in [1.82, 2.24) is 10.2 Å². The molecule has 2 rings (SSSR count). The number of hydrogen-bond donors (Lipinski definition) is 1. The van der Waals surface area contributed by atoms with Crippen molar-refractivity contribution in [2.75, 3.05) is 6.54 Å². The van der Waals surface area contributed by atoms with Gasteiger partial charge in [0.2, 0.25) is 11.8 Å². The Balaban J connectivity index is 1.97. The summed E-state index contributed by atoms with van der Waals surface area (Å²) in [5.41, 5.74) is 1.06. The highest BCUT2D eigenvalue weighted by atomic mass is 16.2. The Morgan fingerprint density at radius 3 is 2.80 bits per heavy atom. The molecule has 1 aliphatic rings. The minimum absolute atomic E-state index is 0.0137. The van der Waals surface area contributed by atoms with Crippen LogP contribution in [0.2, 0.25) is 0 Å². The lowest BCUT2D eigenvalue weighted by molar-refractivity contribution is -0.135. The highest BCUT2D eigenvalue weighted by Gasteiger charge is 2.35. The zero-order valence-electron chi connectivity index (χ0n) is 12.0. The number of nitrogens with one attached hydrogen (secondary N) is 1. The van der Waals surface area contributed by atoms with E-state index in [2.05, 4.69) is 12.2 Å². The predicted molar refractivity (Wildman–Crippen MR) is 77.9 cm³/mol. The number of likely N-dealkylation sites (tertiary alicyclic amines) is 1. The third-order valence-corrected chi connectivity index (χ3v) is 3.66. The molecule has 0 aliphatic carbocycles. The molecule has 1 atom stereocenters. The van der Waals surface area contributed by atoms with Gasteiger partial charge in [0.1, 0.15) is 6.04 Å². The summed E-state index contributed by atoms with van der Waals surface area (Å²) < 4.78 is 0. The predicted octanol–water partition coefficient (Wildman–Crippen LogP) is 2.09. The Hall–Kier alpha value is -1.84. The molecule has 0 spiro atoms. The van der Waals surface area contributed by atoms with Crippen LogP contribution in [0.5, 0.6) is 0 Å². The van der Waals surface area contributed by atoms with Crippen molar-refractivity contribution in [1.29, 1.82) is 0 Å². The van der Waals surface area contributed by atoms with E-state index in [0.717, 1.165) is 18.4 Å². The molecule has 108 valence electrons. The van der Waals surface area contributed by atoms with Gasteiger partial charge < -0.3 is 10.2 Å². The number of rotatable bonds is 6. The van der Waals surface area contributed by atoms with Crippen molar-refractivity contribution in [2.24, 2.45) is 0 Å². The summed E-state index contributed by atoms with van der Waals surface area (Å²) in [6.45, 7) is 3.30. The summed E-state index contributed by atoms with van der Waals surface area (Å²) in [6.07, 6.45) is 3.13. The Labute approximate surface area is 120 Å². The molecule has 1 aliphatic heterocycles. The molecule has 0 saturated carbocycles. The van der Waals surface area contributed by atoms with Crippen LogP contribution < -0.4 is 5.32 Å². The van der Waals surface area contributed by atoms with Crippen LogP contribution in [0.25, 0.3) is 0 Å². The first-order chi connectivity index (χ1) is 9.72. The summed E-state index contributed by atoms with van der Waals surface area (Å²) in [4.78, 5) is 25.8. The molecule has 1 aromatic carbocycles. The normalized spacial score (nSPS) is 18.4. The maximum Gasteiger partial charge on any atom is 0.242 e. The molecular formula is C16H22N2O2. The maximum atomic E-state index is 12.2. The number of hydrogen-bond acceptors (Lipinski definition) is 2. The van der Waals surface area contributed by atoms with E-state index in [9.17, 15) is 9.59 Å². The molecule has 20 heavy (non-hydrogen) atoms. The Kier molecular flexibility index (Phi) is 5.16. The van der Waals surface area contributed by atoms with Gasteiger partial charge in [0, 0.05) is 19.5 Å². The van der Waals surface area contributed by atoms with Gasteiger partial charge in [-0.25, -0.2) is 0 Å². The monoisotopic (exact) mass is 274 g/mol. The third-order valence-electron chi connectivity index (χ3n) is 3.66. The number of carbonyl (C=O) groups is 2. The standard InChI is InChI=1S/C16H22N2O2/c1-2-3-11-17-16(20)14-9-10-15(19)18(14)12-13-7-5-4-6-8-13/h4-8,14H,2-3,9-12H2,1H3,(H,17,20). The van der Waals surface area contributed by atoms with Gasteiger partial charge in [0.25, 0.3) is 0 Å².